The van der Waals surface area contributed by atoms with Crippen molar-refractivity contribution in [1.82, 2.24) is 4.98 Å². The molecule has 0 spiro atoms. The summed E-state index contributed by atoms with van der Waals surface area (Å²) in [4.78, 5) is 4.21. The van der Waals surface area contributed by atoms with Gasteiger partial charge in [-0.25, -0.2) is 4.98 Å². The number of aryl methyl sites for hydroxylation is 1. The molecule has 1 N–H and O–H groups in total. The van der Waals surface area contributed by atoms with E-state index in [1.54, 1.807) is 19.1 Å². The van der Waals surface area contributed by atoms with Crippen molar-refractivity contribution >= 4 is 39.0 Å². The number of aromatic nitrogens is 1. The summed E-state index contributed by atoms with van der Waals surface area (Å²) >= 11 is 9.01. The molecule has 2 aromatic rings. The largest absolute Gasteiger partial charge is 0.416 e. The van der Waals surface area contributed by atoms with Gasteiger partial charge in [-0.3, -0.25) is 0 Å². The smallest absolute Gasteiger partial charge is 0.340 e. The maximum absolute atomic E-state index is 12.7. The Hall–Kier alpha value is -1.27. The van der Waals surface area contributed by atoms with Gasteiger partial charge in [0.1, 0.15) is 5.82 Å². The summed E-state index contributed by atoms with van der Waals surface area (Å²) in [7, 11) is 0. The highest BCUT2D eigenvalue weighted by molar-refractivity contribution is 9.10. The van der Waals surface area contributed by atoms with Gasteiger partial charge in [0.15, 0.2) is 0 Å². The summed E-state index contributed by atoms with van der Waals surface area (Å²) in [6.45, 7) is 1.79. The van der Waals surface area contributed by atoms with Crippen LogP contribution >= 0.6 is 27.5 Å². The van der Waals surface area contributed by atoms with Crippen LogP contribution in [0.15, 0.2) is 34.8 Å². The Morgan fingerprint density at radius 2 is 1.90 bits per heavy atom. The van der Waals surface area contributed by atoms with Gasteiger partial charge < -0.3 is 5.32 Å². The van der Waals surface area contributed by atoms with Crippen LogP contribution in [0.25, 0.3) is 0 Å². The lowest BCUT2D eigenvalue weighted by Crippen LogP contribution is -2.06. The molecule has 1 heterocycles. The molecular weight excluding hydrogens is 357 g/mol. The number of benzene rings is 1. The van der Waals surface area contributed by atoms with E-state index in [1.165, 1.54) is 6.07 Å². The van der Waals surface area contributed by atoms with E-state index in [1.807, 2.05) is 0 Å². The molecule has 2 rings (SSSR count). The molecule has 0 bridgehead atoms. The summed E-state index contributed by atoms with van der Waals surface area (Å²) in [5, 5.41) is 2.82. The van der Waals surface area contributed by atoms with E-state index < -0.39 is 11.7 Å². The number of alkyl halides is 3. The number of anilines is 2. The minimum Gasteiger partial charge on any atom is -0.340 e. The van der Waals surface area contributed by atoms with Gasteiger partial charge in [0.05, 0.1) is 11.3 Å². The Kier molecular flexibility index (Phi) is 4.25. The molecule has 0 saturated carbocycles. The standard InChI is InChI=1S/C13H9BrClF3N2/c1-7-11(14)2-3-12(19-7)20-10-5-8(13(16,17)18)4-9(15)6-10/h2-6H,1H3,(H,19,20). The van der Waals surface area contributed by atoms with Crippen molar-refractivity contribution in [2.45, 2.75) is 13.1 Å². The van der Waals surface area contributed by atoms with Crippen LogP contribution in [0.3, 0.4) is 0 Å². The number of rotatable bonds is 2. The Morgan fingerprint density at radius 1 is 1.20 bits per heavy atom. The Labute approximate surface area is 127 Å². The zero-order valence-corrected chi connectivity index (χ0v) is 12.6. The number of nitrogens with one attached hydrogen (secondary N) is 1. The molecule has 1 aromatic heterocycles. The molecule has 0 amide bonds. The van der Waals surface area contributed by atoms with Crippen LogP contribution < -0.4 is 5.32 Å². The monoisotopic (exact) mass is 364 g/mol. The van der Waals surface area contributed by atoms with Gasteiger partial charge in [-0.2, -0.15) is 13.2 Å². The molecular formula is C13H9BrClF3N2. The first-order valence-electron chi connectivity index (χ1n) is 5.53. The third kappa shape index (κ3) is 3.64. The van der Waals surface area contributed by atoms with Crippen LogP contribution in [-0.2, 0) is 6.18 Å². The topological polar surface area (TPSA) is 24.9 Å². The van der Waals surface area contributed by atoms with Crippen molar-refractivity contribution in [3.63, 3.8) is 0 Å². The molecule has 7 heteroatoms. The van der Waals surface area contributed by atoms with Crippen LogP contribution in [0.2, 0.25) is 5.02 Å². The molecule has 0 atom stereocenters. The first-order valence-corrected chi connectivity index (χ1v) is 6.71. The quantitative estimate of drug-likeness (QED) is 0.753. The van der Waals surface area contributed by atoms with Gasteiger partial charge in [-0.15, -0.1) is 0 Å². The van der Waals surface area contributed by atoms with E-state index in [0.717, 1.165) is 22.3 Å². The number of hydrogen-bond acceptors (Lipinski definition) is 2. The van der Waals surface area contributed by atoms with E-state index in [9.17, 15) is 13.2 Å². The average molecular weight is 366 g/mol. The lowest BCUT2D eigenvalue weighted by molar-refractivity contribution is -0.137. The number of nitrogens with zero attached hydrogens (tertiary/aromatic N) is 1. The van der Waals surface area contributed by atoms with E-state index in [4.69, 9.17) is 11.6 Å². The first-order chi connectivity index (χ1) is 9.25. The van der Waals surface area contributed by atoms with Crippen LogP contribution in [0.1, 0.15) is 11.3 Å². The molecule has 0 aliphatic carbocycles. The summed E-state index contributed by atoms with van der Waals surface area (Å²) in [5.41, 5.74) is 0.161. The van der Waals surface area contributed by atoms with E-state index in [2.05, 4.69) is 26.2 Å². The van der Waals surface area contributed by atoms with Crippen molar-refractivity contribution in [1.29, 1.82) is 0 Å². The predicted molar refractivity (Wildman–Crippen MR) is 76.4 cm³/mol. The van der Waals surface area contributed by atoms with Gasteiger partial charge in [0.25, 0.3) is 0 Å². The molecule has 0 fully saturated rings. The molecule has 0 saturated heterocycles. The van der Waals surface area contributed by atoms with Gasteiger partial charge in [-0.05, 0) is 53.2 Å². The van der Waals surface area contributed by atoms with Gasteiger partial charge >= 0.3 is 6.18 Å². The van der Waals surface area contributed by atoms with Crippen LogP contribution in [-0.4, -0.2) is 4.98 Å². The van der Waals surface area contributed by atoms with Gasteiger partial charge in [0.2, 0.25) is 0 Å². The zero-order chi connectivity index (χ0) is 14.9. The second-order valence-electron chi connectivity index (χ2n) is 4.12. The highest BCUT2D eigenvalue weighted by atomic mass is 79.9. The molecule has 106 valence electrons. The summed E-state index contributed by atoms with van der Waals surface area (Å²) in [5.74, 6) is 0.445. The van der Waals surface area contributed by atoms with Crippen LogP contribution in [0.5, 0.6) is 0 Å². The maximum Gasteiger partial charge on any atom is 0.416 e. The lowest BCUT2D eigenvalue weighted by Gasteiger charge is -2.12. The predicted octanol–water partition coefficient (Wildman–Crippen LogP) is 5.57. The highest BCUT2D eigenvalue weighted by Gasteiger charge is 2.31. The molecule has 0 aliphatic rings. The van der Waals surface area contributed by atoms with E-state index in [0.29, 0.717) is 5.82 Å². The average Bonchev–Trinajstić information content (AvgIpc) is 2.32. The van der Waals surface area contributed by atoms with Crippen molar-refractivity contribution in [2.24, 2.45) is 0 Å². The summed E-state index contributed by atoms with van der Waals surface area (Å²) < 4.78 is 38.9. The maximum atomic E-state index is 12.7. The Morgan fingerprint density at radius 3 is 2.50 bits per heavy atom. The van der Waals surface area contributed by atoms with E-state index >= 15 is 0 Å². The molecule has 1 aromatic carbocycles. The van der Waals surface area contributed by atoms with E-state index in [-0.39, 0.29) is 10.7 Å². The van der Waals surface area contributed by atoms with Crippen molar-refractivity contribution in [3.8, 4) is 0 Å². The van der Waals surface area contributed by atoms with Gasteiger partial charge in [0, 0.05) is 15.2 Å². The second kappa shape index (κ2) is 5.61. The SMILES string of the molecule is Cc1nc(Nc2cc(Cl)cc(C(F)(F)F)c2)ccc1Br. The van der Waals surface area contributed by atoms with Crippen molar-refractivity contribution in [2.75, 3.05) is 5.32 Å². The minimum absolute atomic E-state index is 0.0103. The third-order valence-electron chi connectivity index (χ3n) is 2.52. The molecule has 0 radical (unpaired) electrons. The minimum atomic E-state index is -4.44. The first kappa shape index (κ1) is 15.1. The molecule has 0 aliphatic heterocycles. The molecule has 0 unspecified atom stereocenters. The zero-order valence-electron chi connectivity index (χ0n) is 10.2. The third-order valence-corrected chi connectivity index (χ3v) is 3.58. The lowest BCUT2D eigenvalue weighted by atomic mass is 10.2. The number of pyridine rings is 1. The van der Waals surface area contributed by atoms with Gasteiger partial charge in [-0.1, -0.05) is 11.6 Å². The fourth-order valence-electron chi connectivity index (χ4n) is 1.59. The van der Waals surface area contributed by atoms with Crippen LogP contribution in [0.4, 0.5) is 24.7 Å². The fraction of sp³-hybridized carbons (Fsp3) is 0.154. The number of halogens is 5. The van der Waals surface area contributed by atoms with Crippen molar-refractivity contribution < 1.29 is 13.2 Å². The summed E-state index contributed by atoms with van der Waals surface area (Å²) in [6, 6.07) is 6.71. The number of hydrogen-bond donors (Lipinski definition) is 1. The van der Waals surface area contributed by atoms with Crippen molar-refractivity contribution in [3.05, 3.63) is 51.1 Å². The summed E-state index contributed by atoms with van der Waals surface area (Å²) in [6.07, 6.45) is -4.44. The normalized spacial score (nSPS) is 11.5. The fourth-order valence-corrected chi connectivity index (χ4v) is 2.04. The second-order valence-corrected chi connectivity index (χ2v) is 5.41. The molecule has 20 heavy (non-hydrogen) atoms. The Bertz CT molecular complexity index is 644. The highest BCUT2D eigenvalue weighted by Crippen LogP contribution is 2.34. The Balaban J connectivity index is 2.33. The molecule has 2 nitrogen and oxygen atoms in total. The van der Waals surface area contributed by atoms with Crippen LogP contribution in [0, 0.1) is 6.92 Å².